The molecule has 1 aromatic carbocycles. The lowest BCUT2D eigenvalue weighted by atomic mass is 9.96. The van der Waals surface area contributed by atoms with Crippen LogP contribution in [0, 0.1) is 16.0 Å². The normalized spacial score (nSPS) is 10.2. The third-order valence-corrected chi connectivity index (χ3v) is 3.27. The number of carbonyl (C=O) groups excluding carboxylic acids is 3. The number of esters is 3. The van der Waals surface area contributed by atoms with Gasteiger partial charge >= 0.3 is 17.9 Å². The van der Waals surface area contributed by atoms with Crippen LogP contribution in [0.1, 0.15) is 29.8 Å². The summed E-state index contributed by atoms with van der Waals surface area (Å²) in [5, 5.41) is 11.4. The van der Waals surface area contributed by atoms with Crippen molar-refractivity contribution < 1.29 is 33.5 Å². The lowest BCUT2D eigenvalue weighted by Crippen LogP contribution is -2.30. The highest BCUT2D eigenvalue weighted by atomic mass is 16.6. The molecule has 0 saturated carbocycles. The lowest BCUT2D eigenvalue weighted by molar-refractivity contribution is -0.385. The second-order valence-electron chi connectivity index (χ2n) is 4.82. The van der Waals surface area contributed by atoms with Crippen LogP contribution < -0.4 is 0 Å². The van der Waals surface area contributed by atoms with Crippen molar-refractivity contribution in [3.8, 4) is 0 Å². The van der Waals surface area contributed by atoms with Gasteiger partial charge in [0.25, 0.3) is 5.69 Å². The largest absolute Gasteiger partial charge is 0.465 e. The van der Waals surface area contributed by atoms with Gasteiger partial charge in [0, 0.05) is 12.0 Å². The van der Waals surface area contributed by atoms with E-state index in [0.717, 1.165) is 7.11 Å². The predicted molar refractivity (Wildman–Crippen MR) is 84.9 cm³/mol. The van der Waals surface area contributed by atoms with Crippen molar-refractivity contribution in [2.24, 2.45) is 5.92 Å². The number of hydrogen-bond acceptors (Lipinski definition) is 8. The standard InChI is InChI=1S/C16H19NO8/c1-4-24-15(19)12(16(20)25-5-2)9-10-7-6-8-11(14(18)23-3)13(10)17(21)22/h6-8,12H,4-5,9H2,1-3H3. The van der Waals surface area contributed by atoms with Gasteiger partial charge in [-0.05, 0) is 19.9 Å². The third-order valence-electron chi connectivity index (χ3n) is 3.27. The molecule has 0 aliphatic carbocycles. The summed E-state index contributed by atoms with van der Waals surface area (Å²) in [6.45, 7) is 3.22. The van der Waals surface area contributed by atoms with Gasteiger partial charge in [-0.3, -0.25) is 19.7 Å². The van der Waals surface area contributed by atoms with Crippen molar-refractivity contribution in [1.82, 2.24) is 0 Å². The summed E-state index contributed by atoms with van der Waals surface area (Å²) in [5.41, 5.74) is -0.761. The second kappa shape index (κ2) is 9.36. The average Bonchev–Trinajstić information content (AvgIpc) is 2.58. The van der Waals surface area contributed by atoms with E-state index >= 15 is 0 Å². The first-order chi connectivity index (χ1) is 11.9. The maximum Gasteiger partial charge on any atom is 0.344 e. The Morgan fingerprint density at radius 2 is 1.68 bits per heavy atom. The number of hydrogen-bond donors (Lipinski definition) is 0. The smallest absolute Gasteiger partial charge is 0.344 e. The highest BCUT2D eigenvalue weighted by molar-refractivity contribution is 5.97. The molecule has 0 heterocycles. The third kappa shape index (κ3) is 5.00. The van der Waals surface area contributed by atoms with Crippen molar-refractivity contribution >= 4 is 23.6 Å². The van der Waals surface area contributed by atoms with Gasteiger partial charge in [-0.25, -0.2) is 4.79 Å². The predicted octanol–water partition coefficient (Wildman–Crippen LogP) is 1.67. The Balaban J connectivity index is 3.32. The van der Waals surface area contributed by atoms with Crippen LogP contribution in [-0.2, 0) is 30.2 Å². The average molecular weight is 353 g/mol. The zero-order valence-corrected chi connectivity index (χ0v) is 14.1. The molecule has 0 N–H and O–H groups in total. The van der Waals surface area contributed by atoms with Gasteiger partial charge in [-0.1, -0.05) is 12.1 Å². The Hall–Kier alpha value is -2.97. The van der Waals surface area contributed by atoms with Gasteiger partial charge in [0.2, 0.25) is 0 Å². The molecule has 0 fully saturated rings. The molecule has 1 aromatic rings. The minimum Gasteiger partial charge on any atom is -0.465 e. The monoisotopic (exact) mass is 353 g/mol. The van der Waals surface area contributed by atoms with Crippen molar-refractivity contribution in [2.45, 2.75) is 20.3 Å². The number of benzene rings is 1. The van der Waals surface area contributed by atoms with Crippen molar-refractivity contribution in [1.29, 1.82) is 0 Å². The molecule has 1 rings (SSSR count). The van der Waals surface area contributed by atoms with E-state index in [9.17, 15) is 24.5 Å². The summed E-state index contributed by atoms with van der Waals surface area (Å²) >= 11 is 0. The van der Waals surface area contributed by atoms with E-state index in [0.29, 0.717) is 0 Å². The van der Waals surface area contributed by atoms with Gasteiger partial charge < -0.3 is 14.2 Å². The molecule has 0 amide bonds. The van der Waals surface area contributed by atoms with Crippen LogP contribution in [0.4, 0.5) is 5.69 Å². The highest BCUT2D eigenvalue weighted by Crippen LogP contribution is 2.27. The van der Waals surface area contributed by atoms with E-state index in [1.54, 1.807) is 13.8 Å². The molecule has 0 aliphatic heterocycles. The zero-order chi connectivity index (χ0) is 19.0. The fraction of sp³-hybridized carbons (Fsp3) is 0.438. The van der Waals surface area contributed by atoms with E-state index in [4.69, 9.17) is 9.47 Å². The van der Waals surface area contributed by atoms with E-state index in [1.165, 1.54) is 18.2 Å². The van der Waals surface area contributed by atoms with Gasteiger partial charge in [-0.15, -0.1) is 0 Å². The fourth-order valence-corrected chi connectivity index (χ4v) is 2.21. The molecule has 0 aromatic heterocycles. The van der Waals surface area contributed by atoms with E-state index < -0.39 is 34.4 Å². The number of nitrogens with zero attached hydrogens (tertiary/aromatic N) is 1. The number of nitro groups is 1. The second-order valence-corrected chi connectivity index (χ2v) is 4.82. The summed E-state index contributed by atoms with van der Waals surface area (Å²) in [7, 11) is 1.10. The molecule has 136 valence electrons. The molecule has 0 radical (unpaired) electrons. The van der Waals surface area contributed by atoms with Crippen molar-refractivity contribution in [3.63, 3.8) is 0 Å². The van der Waals surface area contributed by atoms with E-state index in [2.05, 4.69) is 4.74 Å². The minimum absolute atomic E-state index is 0.0269. The highest BCUT2D eigenvalue weighted by Gasteiger charge is 2.34. The van der Waals surface area contributed by atoms with Crippen LogP contribution in [0.3, 0.4) is 0 Å². The molecular formula is C16H19NO8. The number of nitro benzene ring substituents is 1. The molecule has 0 atom stereocenters. The van der Waals surface area contributed by atoms with Crippen LogP contribution >= 0.6 is 0 Å². The lowest BCUT2D eigenvalue weighted by Gasteiger charge is -2.15. The van der Waals surface area contributed by atoms with Crippen molar-refractivity contribution in [2.75, 3.05) is 20.3 Å². The molecular weight excluding hydrogens is 334 g/mol. The number of methoxy groups -OCH3 is 1. The Bertz CT molecular complexity index is 652. The number of rotatable bonds is 8. The van der Waals surface area contributed by atoms with Crippen LogP contribution in [0.2, 0.25) is 0 Å². The molecule has 0 saturated heterocycles. The fourth-order valence-electron chi connectivity index (χ4n) is 2.21. The van der Waals surface area contributed by atoms with Crippen LogP contribution in [0.5, 0.6) is 0 Å². The summed E-state index contributed by atoms with van der Waals surface area (Å²) < 4.78 is 14.2. The van der Waals surface area contributed by atoms with Gasteiger partial charge in [-0.2, -0.15) is 0 Å². The van der Waals surface area contributed by atoms with E-state index in [-0.39, 0.29) is 30.8 Å². The maximum atomic E-state index is 12.0. The SMILES string of the molecule is CCOC(=O)C(Cc1cccc(C(=O)OC)c1[N+](=O)[O-])C(=O)OCC. The molecule has 9 heteroatoms. The number of para-hydroxylation sites is 1. The topological polar surface area (TPSA) is 122 Å². The summed E-state index contributed by atoms with van der Waals surface area (Å²) in [6, 6.07) is 4.00. The van der Waals surface area contributed by atoms with Crippen LogP contribution in [0.15, 0.2) is 18.2 Å². The van der Waals surface area contributed by atoms with Gasteiger partial charge in [0.15, 0.2) is 5.92 Å². The molecule has 0 bridgehead atoms. The maximum absolute atomic E-state index is 12.0. The Morgan fingerprint density at radius 3 is 2.12 bits per heavy atom. The minimum atomic E-state index is -1.37. The van der Waals surface area contributed by atoms with E-state index in [1.807, 2.05) is 0 Å². The first-order valence-electron chi connectivity index (χ1n) is 7.55. The van der Waals surface area contributed by atoms with Crippen molar-refractivity contribution in [3.05, 3.63) is 39.4 Å². The van der Waals surface area contributed by atoms with Gasteiger partial charge in [0.05, 0.1) is 25.2 Å². The zero-order valence-electron chi connectivity index (χ0n) is 14.1. The molecule has 0 unspecified atom stereocenters. The first-order valence-corrected chi connectivity index (χ1v) is 7.55. The summed E-state index contributed by atoms with van der Waals surface area (Å²) in [5.74, 6) is -3.96. The number of ether oxygens (including phenoxy) is 3. The Morgan fingerprint density at radius 1 is 1.12 bits per heavy atom. The number of carbonyl (C=O) groups is 3. The Labute approximate surface area is 144 Å². The van der Waals surface area contributed by atoms with Crippen LogP contribution in [0.25, 0.3) is 0 Å². The molecule has 9 nitrogen and oxygen atoms in total. The van der Waals surface area contributed by atoms with Crippen LogP contribution in [-0.4, -0.2) is 43.2 Å². The molecule has 25 heavy (non-hydrogen) atoms. The summed E-state index contributed by atoms with van der Waals surface area (Å²) in [6.07, 6.45) is -0.335. The quantitative estimate of drug-likeness (QED) is 0.227. The van der Waals surface area contributed by atoms with Gasteiger partial charge in [0.1, 0.15) is 5.56 Å². The summed E-state index contributed by atoms with van der Waals surface area (Å²) in [4.78, 5) is 46.5. The molecule has 0 spiro atoms. The Kier molecular flexibility index (Phi) is 7.51. The first kappa shape index (κ1) is 20.1. The molecule has 0 aliphatic rings.